The molecule has 0 heterocycles. The molecule has 0 saturated heterocycles. The second kappa shape index (κ2) is 1.45. The SMILES string of the molecule is CC(C)(C)c1ccc2cc1-2. The van der Waals surface area contributed by atoms with E-state index in [0.29, 0.717) is 5.41 Å². The topological polar surface area (TPSA) is 0 Å². The first kappa shape index (κ1) is 5.96. The van der Waals surface area contributed by atoms with E-state index in [9.17, 15) is 0 Å². The van der Waals surface area contributed by atoms with Crippen LogP contribution in [0, 0.1) is 0 Å². The molecule has 0 heteroatoms. The average Bonchev–Trinajstić information content (AvgIpc) is 2.40. The van der Waals surface area contributed by atoms with Gasteiger partial charge in [0, 0.05) is 0 Å². The molecule has 0 unspecified atom stereocenters. The average molecular weight is 132 g/mol. The molecule has 0 N–H and O–H groups in total. The van der Waals surface area contributed by atoms with E-state index in [-0.39, 0.29) is 0 Å². The lowest BCUT2D eigenvalue weighted by molar-refractivity contribution is 0.595. The minimum atomic E-state index is 0.334. The second-order valence-electron chi connectivity index (χ2n) is 4.01. The van der Waals surface area contributed by atoms with Crippen molar-refractivity contribution in [3.05, 3.63) is 23.8 Å². The molecule has 0 saturated carbocycles. The summed E-state index contributed by atoms with van der Waals surface area (Å²) in [4.78, 5) is 0. The number of rotatable bonds is 0. The summed E-state index contributed by atoms with van der Waals surface area (Å²) >= 11 is 0. The normalized spacial score (nSPS) is 13.5. The van der Waals surface area contributed by atoms with E-state index in [1.807, 2.05) is 0 Å². The summed E-state index contributed by atoms with van der Waals surface area (Å²) in [6.45, 7) is 6.78. The van der Waals surface area contributed by atoms with Crippen LogP contribution in [0.1, 0.15) is 26.3 Å². The van der Waals surface area contributed by atoms with E-state index in [1.165, 1.54) is 16.7 Å². The van der Waals surface area contributed by atoms with Crippen molar-refractivity contribution in [2.45, 2.75) is 26.2 Å². The molecule has 2 rings (SSSR count). The molecular weight excluding hydrogens is 120 g/mol. The summed E-state index contributed by atoms with van der Waals surface area (Å²) in [6.07, 6.45) is 0. The molecule has 10 heavy (non-hydrogen) atoms. The predicted molar refractivity (Wildman–Crippen MR) is 44.1 cm³/mol. The van der Waals surface area contributed by atoms with Crippen LogP contribution in [0.25, 0.3) is 11.1 Å². The first-order valence-corrected chi connectivity index (χ1v) is 3.74. The summed E-state index contributed by atoms with van der Waals surface area (Å²) < 4.78 is 0. The molecule has 0 aromatic rings. The van der Waals surface area contributed by atoms with Crippen LogP contribution in [0.5, 0.6) is 0 Å². The van der Waals surface area contributed by atoms with E-state index < -0.39 is 0 Å². The monoisotopic (exact) mass is 132 g/mol. The van der Waals surface area contributed by atoms with Crippen molar-refractivity contribution < 1.29 is 0 Å². The maximum Gasteiger partial charge on any atom is -0.0126 e. The highest BCUT2D eigenvalue weighted by Gasteiger charge is 2.25. The van der Waals surface area contributed by atoms with Gasteiger partial charge in [-0.1, -0.05) is 32.9 Å². The van der Waals surface area contributed by atoms with Crippen molar-refractivity contribution in [3.8, 4) is 11.1 Å². The number of hydrogen-bond donors (Lipinski definition) is 0. The van der Waals surface area contributed by atoms with Crippen molar-refractivity contribution in [1.29, 1.82) is 0 Å². The van der Waals surface area contributed by atoms with Crippen molar-refractivity contribution in [3.63, 3.8) is 0 Å². The van der Waals surface area contributed by atoms with E-state index in [1.54, 1.807) is 0 Å². The Morgan fingerprint density at radius 3 is 2.00 bits per heavy atom. The fraction of sp³-hybridized carbons (Fsp3) is 0.400. The fourth-order valence-electron chi connectivity index (χ4n) is 1.41. The van der Waals surface area contributed by atoms with Gasteiger partial charge in [0.25, 0.3) is 0 Å². The Hall–Kier alpha value is -0.780. The van der Waals surface area contributed by atoms with E-state index >= 15 is 0 Å². The third-order valence-corrected chi connectivity index (χ3v) is 2.06. The zero-order valence-electron chi connectivity index (χ0n) is 6.73. The Morgan fingerprint density at radius 2 is 1.80 bits per heavy atom. The summed E-state index contributed by atoms with van der Waals surface area (Å²) in [5, 5.41) is 0. The van der Waals surface area contributed by atoms with Crippen molar-refractivity contribution in [1.82, 2.24) is 0 Å². The molecule has 2 aliphatic carbocycles. The highest BCUT2D eigenvalue weighted by Crippen LogP contribution is 2.43. The van der Waals surface area contributed by atoms with Crippen LogP contribution in [0.2, 0.25) is 0 Å². The van der Waals surface area contributed by atoms with Gasteiger partial charge in [0.2, 0.25) is 0 Å². The molecular formula is C10H12. The van der Waals surface area contributed by atoms with Gasteiger partial charge in [-0.25, -0.2) is 0 Å². The van der Waals surface area contributed by atoms with E-state index in [2.05, 4.69) is 39.0 Å². The summed E-state index contributed by atoms with van der Waals surface area (Å²) in [7, 11) is 0. The molecule has 0 fully saturated rings. The number of hydrogen-bond acceptors (Lipinski definition) is 0. The van der Waals surface area contributed by atoms with Gasteiger partial charge in [0.05, 0.1) is 0 Å². The standard InChI is InChI=1S/C10H12/c1-10(2,3)9-5-4-7-6-8(7)9/h4-6H,1-3H3. The smallest absolute Gasteiger partial charge is 0.0126 e. The third kappa shape index (κ3) is 0.683. The zero-order chi connectivity index (χ0) is 7.35. The molecule has 0 spiro atoms. The summed E-state index contributed by atoms with van der Waals surface area (Å²) in [5.74, 6) is 0. The second-order valence-corrected chi connectivity index (χ2v) is 4.01. The quantitative estimate of drug-likeness (QED) is 0.517. The van der Waals surface area contributed by atoms with Crippen LogP contribution in [-0.4, -0.2) is 0 Å². The molecule has 0 aliphatic heterocycles. The molecule has 2 aliphatic rings. The Morgan fingerprint density at radius 1 is 1.10 bits per heavy atom. The first-order valence-electron chi connectivity index (χ1n) is 3.74. The summed E-state index contributed by atoms with van der Waals surface area (Å²) in [5.41, 5.74) is 4.78. The predicted octanol–water partition coefficient (Wildman–Crippen LogP) is 2.96. The Balaban J connectivity index is 2.45. The van der Waals surface area contributed by atoms with Crippen LogP contribution >= 0.6 is 0 Å². The number of benzene rings is 1. The zero-order valence-corrected chi connectivity index (χ0v) is 6.73. The molecule has 0 aromatic heterocycles. The lowest BCUT2D eigenvalue weighted by Gasteiger charge is -2.16. The van der Waals surface area contributed by atoms with Gasteiger partial charge in [-0.05, 0) is 28.2 Å². The van der Waals surface area contributed by atoms with Gasteiger partial charge in [-0.2, -0.15) is 0 Å². The molecule has 0 atom stereocenters. The fourth-order valence-corrected chi connectivity index (χ4v) is 1.41. The first-order chi connectivity index (χ1) is 4.59. The minimum Gasteiger partial charge on any atom is -0.0573 e. The van der Waals surface area contributed by atoms with Crippen LogP contribution in [-0.2, 0) is 5.41 Å². The Bertz CT molecular complexity index is 277. The van der Waals surface area contributed by atoms with Gasteiger partial charge in [0.15, 0.2) is 0 Å². The molecule has 0 amide bonds. The van der Waals surface area contributed by atoms with Gasteiger partial charge in [-0.15, -0.1) is 0 Å². The summed E-state index contributed by atoms with van der Waals surface area (Å²) in [6, 6.07) is 6.70. The van der Waals surface area contributed by atoms with E-state index in [0.717, 1.165) is 0 Å². The third-order valence-electron chi connectivity index (χ3n) is 2.06. The maximum atomic E-state index is 2.26. The number of fused-ring (bicyclic) bond motifs is 1. The highest BCUT2D eigenvalue weighted by molar-refractivity contribution is 5.85. The Kier molecular flexibility index (Phi) is 0.862. The van der Waals surface area contributed by atoms with Crippen molar-refractivity contribution in [2.75, 3.05) is 0 Å². The van der Waals surface area contributed by atoms with Crippen LogP contribution in [0.15, 0.2) is 18.2 Å². The molecule has 0 radical (unpaired) electrons. The lowest BCUT2D eigenvalue weighted by atomic mass is 9.88. The van der Waals surface area contributed by atoms with Crippen LogP contribution in [0.3, 0.4) is 0 Å². The van der Waals surface area contributed by atoms with Crippen molar-refractivity contribution in [2.24, 2.45) is 0 Å². The minimum absolute atomic E-state index is 0.334. The van der Waals surface area contributed by atoms with Crippen LogP contribution < -0.4 is 0 Å². The lowest BCUT2D eigenvalue weighted by Crippen LogP contribution is -2.09. The van der Waals surface area contributed by atoms with E-state index in [4.69, 9.17) is 0 Å². The molecule has 0 aromatic carbocycles. The van der Waals surface area contributed by atoms with Gasteiger partial charge in [-0.3, -0.25) is 0 Å². The van der Waals surface area contributed by atoms with Crippen LogP contribution in [0.4, 0.5) is 0 Å². The van der Waals surface area contributed by atoms with Gasteiger partial charge in [0.1, 0.15) is 0 Å². The molecule has 0 bridgehead atoms. The Labute approximate surface area is 61.9 Å². The van der Waals surface area contributed by atoms with Gasteiger partial charge < -0.3 is 0 Å². The highest BCUT2D eigenvalue weighted by atomic mass is 14.3. The molecule has 52 valence electrons. The van der Waals surface area contributed by atoms with Gasteiger partial charge >= 0.3 is 0 Å². The largest absolute Gasteiger partial charge is 0.0573 e. The molecule has 0 nitrogen and oxygen atoms in total. The maximum absolute atomic E-state index is 2.26. The van der Waals surface area contributed by atoms with Crippen molar-refractivity contribution >= 4 is 0 Å².